The topological polar surface area (TPSA) is 125 Å². The van der Waals surface area contributed by atoms with E-state index in [1.807, 2.05) is 42.8 Å². The summed E-state index contributed by atoms with van der Waals surface area (Å²) < 4.78 is 1.56. The Morgan fingerprint density at radius 2 is 2.11 bits per heavy atom. The second-order valence-electron chi connectivity index (χ2n) is 6.07. The standard InChI is InChI=1S/C18H23N7OS/c1-27-15-9-13-11-25(18(26)24-16(13)23-15)14-5-3-12(4-6-14)10-21-7-2-8-22-17(19)20/h3-6,9,11,21H,2,7-8,10H2,1H3,(H4,19,20,22)(H,23,24,26). The van der Waals surface area contributed by atoms with Gasteiger partial charge in [-0.25, -0.2) is 4.79 Å². The largest absolute Gasteiger partial charge is 0.370 e. The zero-order valence-electron chi connectivity index (χ0n) is 15.1. The number of fused-ring (bicyclic) bond motifs is 1. The van der Waals surface area contributed by atoms with Crippen LogP contribution in [-0.2, 0) is 6.54 Å². The van der Waals surface area contributed by atoms with Crippen LogP contribution in [0.4, 0.5) is 0 Å². The summed E-state index contributed by atoms with van der Waals surface area (Å²) in [6, 6.07) is 9.83. The lowest BCUT2D eigenvalue weighted by atomic mass is 10.2. The minimum Gasteiger partial charge on any atom is -0.370 e. The number of H-pyrrole nitrogens is 1. The first-order valence-corrected chi connectivity index (χ1v) is 9.83. The second kappa shape index (κ2) is 8.74. The number of hydrogen-bond donors (Lipinski definition) is 5. The van der Waals surface area contributed by atoms with Crippen LogP contribution in [0, 0.1) is 5.41 Å². The molecule has 8 nitrogen and oxygen atoms in total. The molecule has 0 spiro atoms. The molecular formula is C18H23N7OS. The van der Waals surface area contributed by atoms with Gasteiger partial charge in [0.25, 0.3) is 0 Å². The summed E-state index contributed by atoms with van der Waals surface area (Å²) in [5, 5.41) is 15.1. The summed E-state index contributed by atoms with van der Waals surface area (Å²) in [6.45, 7) is 2.24. The van der Waals surface area contributed by atoms with E-state index in [1.54, 1.807) is 16.3 Å². The average molecular weight is 385 g/mol. The molecule has 3 rings (SSSR count). The highest BCUT2D eigenvalue weighted by Crippen LogP contribution is 2.19. The van der Waals surface area contributed by atoms with Crippen LogP contribution in [0.15, 0.2) is 46.3 Å². The van der Waals surface area contributed by atoms with Gasteiger partial charge in [-0.05, 0) is 43.0 Å². The molecule has 0 fully saturated rings. The third kappa shape index (κ3) is 4.89. The van der Waals surface area contributed by atoms with Crippen molar-refractivity contribution in [1.29, 1.82) is 5.41 Å². The molecule has 142 valence electrons. The van der Waals surface area contributed by atoms with Crippen molar-refractivity contribution in [2.45, 2.75) is 18.0 Å². The van der Waals surface area contributed by atoms with Gasteiger partial charge in [0.05, 0.1) is 10.7 Å². The van der Waals surface area contributed by atoms with E-state index in [1.165, 1.54) is 0 Å². The number of aromatic nitrogens is 3. The highest BCUT2D eigenvalue weighted by atomic mass is 32.2. The molecule has 0 atom stereocenters. The molecular weight excluding hydrogens is 362 g/mol. The number of rotatable bonds is 8. The number of hydrogen-bond acceptors (Lipinski definition) is 5. The second-order valence-corrected chi connectivity index (χ2v) is 6.92. The summed E-state index contributed by atoms with van der Waals surface area (Å²) in [6.07, 6.45) is 4.67. The Balaban J connectivity index is 1.63. The Morgan fingerprint density at radius 3 is 2.81 bits per heavy atom. The number of thioether (sulfide) groups is 1. The van der Waals surface area contributed by atoms with Crippen LogP contribution in [0.1, 0.15) is 12.0 Å². The average Bonchev–Trinajstić information content (AvgIpc) is 3.06. The van der Waals surface area contributed by atoms with Crippen LogP contribution >= 0.6 is 11.8 Å². The molecule has 0 aliphatic rings. The normalized spacial score (nSPS) is 11.0. The Kier molecular flexibility index (Phi) is 6.15. The van der Waals surface area contributed by atoms with E-state index >= 15 is 0 Å². The van der Waals surface area contributed by atoms with E-state index in [0.717, 1.165) is 41.2 Å². The maximum Gasteiger partial charge on any atom is 0.354 e. The first-order valence-electron chi connectivity index (χ1n) is 8.61. The summed E-state index contributed by atoms with van der Waals surface area (Å²) in [5.41, 5.74) is 7.46. The number of nitrogens with two attached hydrogens (primary N) is 1. The molecule has 2 heterocycles. The lowest BCUT2D eigenvalue weighted by Gasteiger charge is -2.08. The monoisotopic (exact) mass is 385 g/mol. The highest BCUT2D eigenvalue weighted by Gasteiger charge is 2.07. The van der Waals surface area contributed by atoms with Gasteiger partial charge >= 0.3 is 5.69 Å². The Hall–Kier alpha value is -2.78. The van der Waals surface area contributed by atoms with Crippen LogP contribution in [-0.4, -0.2) is 39.8 Å². The third-order valence-corrected chi connectivity index (χ3v) is 4.75. The van der Waals surface area contributed by atoms with E-state index < -0.39 is 0 Å². The number of aromatic amines is 1. The van der Waals surface area contributed by atoms with Crippen LogP contribution < -0.4 is 22.1 Å². The minimum absolute atomic E-state index is 0.00202. The Labute approximate surface area is 161 Å². The van der Waals surface area contributed by atoms with Gasteiger partial charge in [-0.1, -0.05) is 12.1 Å². The maximum atomic E-state index is 12.3. The van der Waals surface area contributed by atoms with Gasteiger partial charge in [-0.2, -0.15) is 4.98 Å². The summed E-state index contributed by atoms with van der Waals surface area (Å²) in [4.78, 5) is 19.6. The van der Waals surface area contributed by atoms with Crippen molar-refractivity contribution >= 4 is 28.8 Å². The van der Waals surface area contributed by atoms with Gasteiger partial charge in [0.2, 0.25) is 0 Å². The van der Waals surface area contributed by atoms with Gasteiger partial charge in [0.15, 0.2) is 5.96 Å². The number of nitrogens with one attached hydrogen (secondary N) is 4. The molecule has 27 heavy (non-hydrogen) atoms. The van der Waals surface area contributed by atoms with Crippen LogP contribution in [0.25, 0.3) is 16.7 Å². The molecule has 1 aromatic carbocycles. The fourth-order valence-corrected chi connectivity index (χ4v) is 3.15. The quantitative estimate of drug-likeness (QED) is 0.173. The maximum absolute atomic E-state index is 12.3. The minimum atomic E-state index is -0.305. The van der Waals surface area contributed by atoms with Crippen LogP contribution in [0.2, 0.25) is 0 Å². The van der Waals surface area contributed by atoms with Crippen molar-refractivity contribution < 1.29 is 0 Å². The predicted molar refractivity (Wildman–Crippen MR) is 110 cm³/mol. The molecule has 0 aliphatic heterocycles. The molecule has 9 heteroatoms. The van der Waals surface area contributed by atoms with Gasteiger partial charge < -0.3 is 21.4 Å². The number of benzene rings is 1. The number of nitrogens with zero attached hydrogens (tertiary/aromatic N) is 2. The number of guanidine groups is 1. The van der Waals surface area contributed by atoms with Crippen molar-refractivity contribution in [3.8, 4) is 5.69 Å². The first kappa shape index (κ1) is 19.0. The highest BCUT2D eigenvalue weighted by molar-refractivity contribution is 7.98. The molecule has 0 radical (unpaired) electrons. The molecule has 2 aromatic heterocycles. The van der Waals surface area contributed by atoms with Gasteiger partial charge in [-0.15, -0.1) is 11.8 Å². The SMILES string of the molecule is CSc1cc2cn(-c3ccc(CNCCCNC(=N)N)cc3)c(=O)nc2[nH]1. The smallest absolute Gasteiger partial charge is 0.354 e. The molecule has 0 bridgehead atoms. The molecule has 0 saturated heterocycles. The fourth-order valence-electron chi connectivity index (χ4n) is 2.71. The van der Waals surface area contributed by atoms with Gasteiger partial charge in [0, 0.05) is 24.7 Å². The Bertz CT molecular complexity index is 978. The fraction of sp³-hybridized carbons (Fsp3) is 0.278. The van der Waals surface area contributed by atoms with Crippen molar-refractivity contribution in [2.24, 2.45) is 5.73 Å². The zero-order valence-corrected chi connectivity index (χ0v) is 15.9. The lowest BCUT2D eigenvalue weighted by Crippen LogP contribution is -2.32. The van der Waals surface area contributed by atoms with E-state index in [9.17, 15) is 4.79 Å². The lowest BCUT2D eigenvalue weighted by molar-refractivity contribution is 0.639. The Morgan fingerprint density at radius 1 is 1.33 bits per heavy atom. The van der Waals surface area contributed by atoms with Crippen molar-refractivity contribution in [2.75, 3.05) is 19.3 Å². The predicted octanol–water partition coefficient (Wildman–Crippen LogP) is 1.40. The summed E-state index contributed by atoms with van der Waals surface area (Å²) >= 11 is 1.58. The zero-order chi connectivity index (χ0) is 19.2. The van der Waals surface area contributed by atoms with Crippen molar-refractivity contribution in [1.82, 2.24) is 25.2 Å². The molecule has 0 unspecified atom stereocenters. The third-order valence-electron chi connectivity index (χ3n) is 4.09. The van der Waals surface area contributed by atoms with Crippen LogP contribution in [0.3, 0.4) is 0 Å². The van der Waals surface area contributed by atoms with E-state index in [2.05, 4.69) is 20.6 Å². The van der Waals surface area contributed by atoms with E-state index in [-0.39, 0.29) is 11.6 Å². The van der Waals surface area contributed by atoms with E-state index in [4.69, 9.17) is 11.1 Å². The molecule has 0 saturated carbocycles. The van der Waals surface area contributed by atoms with Gasteiger partial charge in [-0.3, -0.25) is 9.98 Å². The summed E-state index contributed by atoms with van der Waals surface area (Å²) in [5.74, 6) is -0.00202. The first-order chi connectivity index (χ1) is 13.1. The van der Waals surface area contributed by atoms with Crippen molar-refractivity contribution in [3.63, 3.8) is 0 Å². The molecule has 3 aromatic rings. The summed E-state index contributed by atoms with van der Waals surface area (Å²) in [7, 11) is 0. The molecule has 6 N–H and O–H groups in total. The van der Waals surface area contributed by atoms with Gasteiger partial charge in [0.1, 0.15) is 5.65 Å². The molecule has 0 aliphatic carbocycles. The molecule has 0 amide bonds. The van der Waals surface area contributed by atoms with Crippen LogP contribution in [0.5, 0.6) is 0 Å². The van der Waals surface area contributed by atoms with E-state index in [0.29, 0.717) is 12.2 Å². The van der Waals surface area contributed by atoms with Crippen molar-refractivity contribution in [3.05, 3.63) is 52.6 Å².